The first kappa shape index (κ1) is 19.6. The van der Waals surface area contributed by atoms with Gasteiger partial charge in [0.05, 0.1) is 16.7 Å². The van der Waals surface area contributed by atoms with E-state index in [1.165, 1.54) is 0 Å². The molecule has 146 valence electrons. The fourth-order valence-corrected chi connectivity index (χ4v) is 2.97. The lowest BCUT2D eigenvalue weighted by atomic mass is 9.85. The SMILES string of the molecule is CN(C(=O)C1CC1)c1ccccc1C(=O)Nc1ccc(C(C)(C)C(=O)O)cc1. The first-order chi connectivity index (χ1) is 13.2. The third-order valence-electron chi connectivity index (χ3n) is 5.17. The zero-order chi connectivity index (χ0) is 20.5. The van der Waals surface area contributed by atoms with Gasteiger partial charge in [-0.15, -0.1) is 0 Å². The number of aliphatic carboxylic acids is 1. The standard InChI is InChI=1S/C22H24N2O4/c1-22(2,21(27)28)15-10-12-16(13-11-15)23-19(25)17-6-4-5-7-18(17)24(3)20(26)14-8-9-14/h4-7,10-14H,8-9H2,1-3H3,(H,23,25)(H,27,28). The second-order valence-electron chi connectivity index (χ2n) is 7.65. The molecule has 2 aromatic carbocycles. The molecule has 28 heavy (non-hydrogen) atoms. The molecule has 0 bridgehead atoms. The Bertz CT molecular complexity index is 914. The number of carboxylic acid groups (broad SMARTS) is 1. The third-order valence-corrected chi connectivity index (χ3v) is 5.17. The lowest BCUT2D eigenvalue weighted by Gasteiger charge is -2.21. The van der Waals surface area contributed by atoms with Crippen LogP contribution in [0.2, 0.25) is 0 Å². The highest BCUT2D eigenvalue weighted by Crippen LogP contribution is 2.33. The smallest absolute Gasteiger partial charge is 0.313 e. The van der Waals surface area contributed by atoms with Crippen LogP contribution in [0.3, 0.4) is 0 Å². The molecule has 0 atom stereocenters. The molecule has 3 rings (SSSR count). The van der Waals surface area contributed by atoms with E-state index in [1.807, 2.05) is 0 Å². The van der Waals surface area contributed by atoms with Crippen LogP contribution < -0.4 is 10.2 Å². The van der Waals surface area contributed by atoms with Crippen LogP contribution in [0.4, 0.5) is 11.4 Å². The van der Waals surface area contributed by atoms with Gasteiger partial charge in [0.15, 0.2) is 0 Å². The molecule has 0 heterocycles. The maximum absolute atomic E-state index is 12.8. The molecule has 0 unspecified atom stereocenters. The molecule has 0 spiro atoms. The molecule has 0 aromatic heterocycles. The van der Waals surface area contributed by atoms with Gasteiger partial charge < -0.3 is 15.3 Å². The maximum Gasteiger partial charge on any atom is 0.313 e. The number of carboxylic acids is 1. The van der Waals surface area contributed by atoms with Crippen molar-refractivity contribution < 1.29 is 19.5 Å². The summed E-state index contributed by atoms with van der Waals surface area (Å²) in [5, 5.41) is 12.1. The molecule has 1 fully saturated rings. The summed E-state index contributed by atoms with van der Waals surface area (Å²) in [7, 11) is 1.69. The van der Waals surface area contributed by atoms with Crippen molar-refractivity contribution in [3.8, 4) is 0 Å². The molecule has 0 radical (unpaired) electrons. The van der Waals surface area contributed by atoms with E-state index in [0.717, 1.165) is 12.8 Å². The van der Waals surface area contributed by atoms with Crippen molar-refractivity contribution in [1.82, 2.24) is 0 Å². The molecule has 2 aromatic rings. The van der Waals surface area contributed by atoms with Crippen LogP contribution in [-0.4, -0.2) is 29.9 Å². The lowest BCUT2D eigenvalue weighted by molar-refractivity contribution is -0.142. The topological polar surface area (TPSA) is 86.7 Å². The molecular formula is C22H24N2O4. The molecule has 1 aliphatic carbocycles. The minimum absolute atomic E-state index is 0.0282. The highest BCUT2D eigenvalue weighted by atomic mass is 16.4. The Labute approximate surface area is 164 Å². The van der Waals surface area contributed by atoms with E-state index in [1.54, 1.807) is 74.3 Å². The summed E-state index contributed by atoms with van der Waals surface area (Å²) in [6, 6.07) is 13.7. The van der Waals surface area contributed by atoms with Crippen molar-refractivity contribution in [2.45, 2.75) is 32.1 Å². The number of carbonyl (C=O) groups is 3. The maximum atomic E-state index is 12.8. The molecule has 1 aliphatic rings. The Balaban J connectivity index is 1.78. The molecule has 1 saturated carbocycles. The third kappa shape index (κ3) is 3.91. The Hall–Kier alpha value is -3.15. The van der Waals surface area contributed by atoms with Crippen molar-refractivity contribution in [3.05, 3.63) is 59.7 Å². The molecule has 0 saturated heterocycles. The molecule has 6 heteroatoms. The van der Waals surface area contributed by atoms with Gasteiger partial charge in [0.1, 0.15) is 0 Å². The zero-order valence-electron chi connectivity index (χ0n) is 16.2. The summed E-state index contributed by atoms with van der Waals surface area (Å²) in [6.07, 6.45) is 1.80. The van der Waals surface area contributed by atoms with E-state index in [0.29, 0.717) is 22.5 Å². The van der Waals surface area contributed by atoms with Gasteiger partial charge in [-0.25, -0.2) is 0 Å². The summed E-state index contributed by atoms with van der Waals surface area (Å²) in [4.78, 5) is 38.1. The predicted molar refractivity (Wildman–Crippen MR) is 108 cm³/mol. The van der Waals surface area contributed by atoms with Crippen LogP contribution in [0.5, 0.6) is 0 Å². The van der Waals surface area contributed by atoms with Crippen LogP contribution in [0.25, 0.3) is 0 Å². The number of rotatable bonds is 6. The first-order valence-corrected chi connectivity index (χ1v) is 9.23. The predicted octanol–water partition coefficient (Wildman–Crippen LogP) is 3.67. The number of benzene rings is 2. The largest absolute Gasteiger partial charge is 0.481 e. The summed E-state index contributed by atoms with van der Waals surface area (Å²) >= 11 is 0. The van der Waals surface area contributed by atoms with Gasteiger partial charge in [-0.3, -0.25) is 14.4 Å². The average Bonchev–Trinajstić information content (AvgIpc) is 3.52. The Morgan fingerprint density at radius 1 is 1.04 bits per heavy atom. The Morgan fingerprint density at radius 3 is 2.21 bits per heavy atom. The second-order valence-corrected chi connectivity index (χ2v) is 7.65. The fraction of sp³-hybridized carbons (Fsp3) is 0.318. The van der Waals surface area contributed by atoms with E-state index < -0.39 is 11.4 Å². The van der Waals surface area contributed by atoms with Gasteiger partial charge in [-0.05, 0) is 56.5 Å². The van der Waals surface area contributed by atoms with E-state index >= 15 is 0 Å². The van der Waals surface area contributed by atoms with Crippen molar-refractivity contribution in [1.29, 1.82) is 0 Å². The lowest BCUT2D eigenvalue weighted by Crippen LogP contribution is -2.30. The van der Waals surface area contributed by atoms with Crippen LogP contribution in [0.15, 0.2) is 48.5 Å². The quantitative estimate of drug-likeness (QED) is 0.800. The van der Waals surface area contributed by atoms with Crippen molar-refractivity contribution >= 4 is 29.2 Å². The van der Waals surface area contributed by atoms with Gasteiger partial charge in [-0.2, -0.15) is 0 Å². The minimum atomic E-state index is -1.01. The second kappa shape index (κ2) is 7.46. The minimum Gasteiger partial charge on any atom is -0.481 e. The highest BCUT2D eigenvalue weighted by Gasteiger charge is 2.33. The van der Waals surface area contributed by atoms with E-state index in [-0.39, 0.29) is 17.7 Å². The van der Waals surface area contributed by atoms with Gasteiger partial charge >= 0.3 is 5.97 Å². The van der Waals surface area contributed by atoms with Gasteiger partial charge in [-0.1, -0.05) is 24.3 Å². The van der Waals surface area contributed by atoms with Gasteiger partial charge in [0.25, 0.3) is 5.91 Å². The summed E-state index contributed by atoms with van der Waals surface area (Å²) in [6.45, 7) is 3.26. The van der Waals surface area contributed by atoms with Gasteiger partial charge in [0.2, 0.25) is 5.91 Å². The fourth-order valence-electron chi connectivity index (χ4n) is 2.97. The van der Waals surface area contributed by atoms with E-state index in [2.05, 4.69) is 5.32 Å². The summed E-state index contributed by atoms with van der Waals surface area (Å²) in [5.41, 5.74) is 1.17. The number of carbonyl (C=O) groups excluding carboxylic acids is 2. The van der Waals surface area contributed by atoms with Crippen LogP contribution >= 0.6 is 0 Å². The van der Waals surface area contributed by atoms with Gasteiger partial charge in [0, 0.05) is 18.7 Å². The molecule has 6 nitrogen and oxygen atoms in total. The molecule has 0 aliphatic heterocycles. The Kier molecular flexibility index (Phi) is 5.23. The number of nitrogens with zero attached hydrogens (tertiary/aromatic N) is 1. The number of para-hydroxylation sites is 1. The normalized spacial score (nSPS) is 13.7. The van der Waals surface area contributed by atoms with Crippen LogP contribution in [0, 0.1) is 5.92 Å². The van der Waals surface area contributed by atoms with Crippen LogP contribution in [-0.2, 0) is 15.0 Å². The number of hydrogen-bond acceptors (Lipinski definition) is 3. The molecular weight excluding hydrogens is 356 g/mol. The summed E-state index contributed by atoms with van der Waals surface area (Å²) in [5.74, 6) is -1.15. The molecule has 2 N–H and O–H groups in total. The number of amides is 2. The highest BCUT2D eigenvalue weighted by molar-refractivity contribution is 6.10. The molecule has 2 amide bonds. The number of anilines is 2. The van der Waals surface area contributed by atoms with Crippen LogP contribution in [0.1, 0.15) is 42.6 Å². The van der Waals surface area contributed by atoms with E-state index in [4.69, 9.17) is 0 Å². The first-order valence-electron chi connectivity index (χ1n) is 9.23. The van der Waals surface area contributed by atoms with Crippen molar-refractivity contribution in [2.24, 2.45) is 5.92 Å². The zero-order valence-corrected chi connectivity index (χ0v) is 16.2. The average molecular weight is 380 g/mol. The number of hydrogen-bond donors (Lipinski definition) is 2. The van der Waals surface area contributed by atoms with Crippen molar-refractivity contribution in [2.75, 3.05) is 17.3 Å². The monoisotopic (exact) mass is 380 g/mol. The van der Waals surface area contributed by atoms with Crippen molar-refractivity contribution in [3.63, 3.8) is 0 Å². The Morgan fingerprint density at radius 2 is 1.64 bits per heavy atom. The summed E-state index contributed by atoms with van der Waals surface area (Å²) < 4.78 is 0. The van der Waals surface area contributed by atoms with E-state index in [9.17, 15) is 19.5 Å². The number of nitrogens with one attached hydrogen (secondary N) is 1.